The Morgan fingerprint density at radius 2 is 1.39 bits per heavy atom. The van der Waals surface area contributed by atoms with Gasteiger partial charge in [0, 0.05) is 17.5 Å². The number of ketones is 1. The van der Waals surface area contributed by atoms with Crippen molar-refractivity contribution in [2.45, 2.75) is 87.2 Å². The molecule has 0 atom stereocenters. The zero-order chi connectivity index (χ0) is 22.6. The van der Waals surface area contributed by atoms with Gasteiger partial charge in [-0.3, -0.25) is 14.9 Å². The summed E-state index contributed by atoms with van der Waals surface area (Å²) < 4.78 is 10.8. The molecule has 6 nitrogen and oxygen atoms in total. The number of carbonyl (C=O) groups is 2. The largest absolute Gasteiger partial charge is 0.462 e. The normalized spacial score (nSPS) is 12.4. The molecule has 6 heteroatoms. The van der Waals surface area contributed by atoms with E-state index in [1.807, 2.05) is 34.6 Å². The fourth-order valence-corrected chi connectivity index (χ4v) is 1.76. The highest BCUT2D eigenvalue weighted by atomic mass is 16.6. The number of nitrogens with one attached hydrogen (secondary N) is 2. The van der Waals surface area contributed by atoms with Gasteiger partial charge in [-0.25, -0.2) is 0 Å². The standard InChI is InChI=1S/C20H40N2O4.C2H6/c1-15(2)19(6,7)21-10-11-25-12-13-26-17(24)20(8,9)22-14-16(23)18(3,4)5;1-2/h15,21-22H,10-14H2,1-9H3;1-2H3. The summed E-state index contributed by atoms with van der Waals surface area (Å²) >= 11 is 0. The molecule has 0 aliphatic rings. The van der Waals surface area contributed by atoms with E-state index in [9.17, 15) is 9.59 Å². The Morgan fingerprint density at radius 3 is 1.86 bits per heavy atom. The molecule has 28 heavy (non-hydrogen) atoms. The minimum atomic E-state index is -0.913. The fraction of sp³-hybridized carbons (Fsp3) is 0.909. The van der Waals surface area contributed by atoms with E-state index >= 15 is 0 Å². The summed E-state index contributed by atoms with van der Waals surface area (Å²) in [5.74, 6) is 0.198. The summed E-state index contributed by atoms with van der Waals surface area (Å²) in [6.45, 7) is 23.7. The zero-order valence-corrected chi connectivity index (χ0v) is 20.2. The molecule has 0 unspecified atom stereocenters. The first kappa shape index (κ1) is 29.2. The van der Waals surface area contributed by atoms with Crippen LogP contribution >= 0.6 is 0 Å². The molecule has 0 saturated carbocycles. The highest BCUT2D eigenvalue weighted by Crippen LogP contribution is 2.15. The van der Waals surface area contributed by atoms with Crippen LogP contribution in [0.25, 0.3) is 0 Å². The maximum absolute atomic E-state index is 12.2. The maximum atomic E-state index is 12.2. The lowest BCUT2D eigenvalue weighted by atomic mass is 9.90. The van der Waals surface area contributed by atoms with Gasteiger partial charge in [-0.2, -0.15) is 0 Å². The van der Waals surface area contributed by atoms with Crippen molar-refractivity contribution in [1.82, 2.24) is 10.6 Å². The Kier molecular flexibility index (Phi) is 13.9. The maximum Gasteiger partial charge on any atom is 0.325 e. The molecular weight excluding hydrogens is 356 g/mol. The third-order valence-corrected chi connectivity index (χ3v) is 4.77. The highest BCUT2D eigenvalue weighted by molar-refractivity contribution is 5.87. The molecule has 0 spiro atoms. The molecule has 2 N–H and O–H groups in total. The average molecular weight is 403 g/mol. The molecule has 0 saturated heterocycles. The number of hydrogen-bond acceptors (Lipinski definition) is 6. The van der Waals surface area contributed by atoms with Crippen LogP contribution < -0.4 is 10.6 Å². The molecule has 0 aromatic heterocycles. The summed E-state index contributed by atoms with van der Waals surface area (Å²) in [5.41, 5.74) is -1.28. The lowest BCUT2D eigenvalue weighted by Gasteiger charge is -2.30. The van der Waals surface area contributed by atoms with Crippen LogP contribution in [0, 0.1) is 11.3 Å². The van der Waals surface area contributed by atoms with Crippen molar-refractivity contribution in [2.24, 2.45) is 11.3 Å². The van der Waals surface area contributed by atoms with E-state index in [1.54, 1.807) is 13.8 Å². The van der Waals surface area contributed by atoms with Gasteiger partial charge in [0.2, 0.25) is 0 Å². The third-order valence-electron chi connectivity index (χ3n) is 4.77. The van der Waals surface area contributed by atoms with Crippen molar-refractivity contribution in [3.63, 3.8) is 0 Å². The van der Waals surface area contributed by atoms with E-state index in [1.165, 1.54) is 0 Å². The molecular formula is C22H46N2O4. The second kappa shape index (κ2) is 13.3. The number of hydrogen-bond donors (Lipinski definition) is 2. The molecule has 0 amide bonds. The number of carbonyl (C=O) groups excluding carboxylic acids is 2. The minimum Gasteiger partial charge on any atom is -0.462 e. The van der Waals surface area contributed by atoms with Gasteiger partial charge in [-0.05, 0) is 33.6 Å². The molecule has 0 aromatic rings. The third kappa shape index (κ3) is 12.5. The van der Waals surface area contributed by atoms with Crippen molar-refractivity contribution >= 4 is 11.8 Å². The second-order valence-corrected chi connectivity index (χ2v) is 9.20. The Bertz CT molecular complexity index is 452. The fourth-order valence-electron chi connectivity index (χ4n) is 1.76. The lowest BCUT2D eigenvalue weighted by molar-refractivity contribution is -0.152. The van der Waals surface area contributed by atoms with Gasteiger partial charge in [0.25, 0.3) is 0 Å². The summed E-state index contributed by atoms with van der Waals surface area (Å²) in [4.78, 5) is 24.1. The predicted molar refractivity (Wildman–Crippen MR) is 117 cm³/mol. The van der Waals surface area contributed by atoms with Crippen LogP contribution in [0.1, 0.15) is 76.2 Å². The molecule has 0 aromatic carbocycles. The first-order valence-electron chi connectivity index (χ1n) is 10.5. The van der Waals surface area contributed by atoms with E-state index in [0.29, 0.717) is 19.1 Å². The molecule has 0 heterocycles. The number of Topliss-reactive ketones (excluding diaryl/α,β-unsaturated/α-hetero) is 1. The second-order valence-electron chi connectivity index (χ2n) is 9.20. The van der Waals surface area contributed by atoms with Crippen molar-refractivity contribution in [3.05, 3.63) is 0 Å². The smallest absolute Gasteiger partial charge is 0.325 e. The van der Waals surface area contributed by atoms with E-state index in [0.717, 1.165) is 6.54 Å². The van der Waals surface area contributed by atoms with Crippen molar-refractivity contribution < 1.29 is 19.1 Å². The van der Waals surface area contributed by atoms with Crippen molar-refractivity contribution in [3.8, 4) is 0 Å². The average Bonchev–Trinajstić information content (AvgIpc) is 2.59. The van der Waals surface area contributed by atoms with E-state index < -0.39 is 11.0 Å². The number of rotatable bonds is 12. The van der Waals surface area contributed by atoms with Gasteiger partial charge in [-0.15, -0.1) is 0 Å². The first-order chi connectivity index (χ1) is 12.7. The van der Waals surface area contributed by atoms with Crippen molar-refractivity contribution in [1.29, 1.82) is 0 Å². The van der Waals surface area contributed by atoms with E-state index in [-0.39, 0.29) is 30.4 Å². The van der Waals surface area contributed by atoms with Crippen LogP contribution in [0.15, 0.2) is 0 Å². The first-order valence-corrected chi connectivity index (χ1v) is 10.5. The van der Waals surface area contributed by atoms with Crippen LogP contribution in [-0.2, 0) is 19.1 Å². The minimum absolute atomic E-state index is 0.0542. The van der Waals surface area contributed by atoms with Gasteiger partial charge in [-0.1, -0.05) is 48.5 Å². The molecule has 168 valence electrons. The predicted octanol–water partition coefficient (Wildman–Crippen LogP) is 3.58. The Labute approximate surface area is 173 Å². The summed E-state index contributed by atoms with van der Waals surface area (Å²) in [7, 11) is 0. The van der Waals surface area contributed by atoms with Gasteiger partial charge < -0.3 is 14.8 Å². The summed E-state index contributed by atoms with van der Waals surface area (Å²) in [5, 5.41) is 6.43. The van der Waals surface area contributed by atoms with E-state index in [4.69, 9.17) is 9.47 Å². The zero-order valence-electron chi connectivity index (χ0n) is 20.2. The van der Waals surface area contributed by atoms with Crippen LogP contribution in [-0.4, -0.2) is 55.7 Å². The van der Waals surface area contributed by atoms with Crippen LogP contribution in [0.5, 0.6) is 0 Å². The molecule has 0 aliphatic carbocycles. The van der Waals surface area contributed by atoms with Crippen LogP contribution in [0.4, 0.5) is 0 Å². The monoisotopic (exact) mass is 402 g/mol. The van der Waals surface area contributed by atoms with Gasteiger partial charge in [0.1, 0.15) is 12.1 Å². The van der Waals surface area contributed by atoms with E-state index in [2.05, 4.69) is 38.3 Å². The number of ether oxygens (including phenoxy) is 2. The Balaban J connectivity index is 0. The Morgan fingerprint density at radius 1 is 0.857 bits per heavy atom. The highest BCUT2D eigenvalue weighted by Gasteiger charge is 2.31. The Hall–Kier alpha value is -0.980. The molecule has 0 bridgehead atoms. The summed E-state index contributed by atoms with van der Waals surface area (Å²) in [6.07, 6.45) is 0. The molecule has 0 aliphatic heterocycles. The van der Waals surface area contributed by atoms with Crippen molar-refractivity contribution in [2.75, 3.05) is 32.9 Å². The summed E-state index contributed by atoms with van der Waals surface area (Å²) in [6, 6.07) is 0. The van der Waals surface area contributed by atoms with Gasteiger partial charge >= 0.3 is 5.97 Å². The van der Waals surface area contributed by atoms with Gasteiger partial charge in [0.15, 0.2) is 5.78 Å². The SMILES string of the molecule is CC.CC(C)C(C)(C)NCCOCCOC(=O)C(C)(C)NCC(=O)C(C)(C)C. The van der Waals surface area contributed by atoms with Crippen LogP contribution in [0.3, 0.4) is 0 Å². The van der Waals surface area contributed by atoms with Gasteiger partial charge in [0.05, 0.1) is 19.8 Å². The quantitative estimate of drug-likeness (QED) is 0.384. The molecule has 0 fully saturated rings. The molecule has 0 radical (unpaired) electrons. The number of esters is 1. The lowest BCUT2D eigenvalue weighted by Crippen LogP contribution is -2.51. The topological polar surface area (TPSA) is 76.7 Å². The molecule has 0 rings (SSSR count). The van der Waals surface area contributed by atoms with Crippen LogP contribution in [0.2, 0.25) is 0 Å².